The molecule has 26 heavy (non-hydrogen) atoms. The first kappa shape index (κ1) is 19.9. The Balaban J connectivity index is 1.83. The van der Waals surface area contributed by atoms with Gasteiger partial charge in [-0.25, -0.2) is 8.42 Å². The fraction of sp³-hybridized carbons (Fsp3) is 0.471. The van der Waals surface area contributed by atoms with Gasteiger partial charge in [0.15, 0.2) is 16.4 Å². The van der Waals surface area contributed by atoms with Crippen LogP contribution in [0, 0.1) is 0 Å². The zero-order valence-corrected chi connectivity index (χ0v) is 15.1. The Labute approximate surface area is 152 Å². The third-order valence-corrected chi connectivity index (χ3v) is 5.92. The van der Waals surface area contributed by atoms with Gasteiger partial charge in [0.05, 0.1) is 17.1 Å². The number of benzene rings is 1. The van der Waals surface area contributed by atoms with E-state index in [1.165, 1.54) is 17.0 Å². The number of hydrogen-bond donors (Lipinski definition) is 1. The van der Waals surface area contributed by atoms with Gasteiger partial charge in [-0.15, -0.1) is 0 Å². The van der Waals surface area contributed by atoms with Gasteiger partial charge in [0, 0.05) is 6.54 Å². The molecular formula is C17H22N2O6S. The second kappa shape index (κ2) is 8.79. The van der Waals surface area contributed by atoms with Crippen molar-refractivity contribution in [2.75, 3.05) is 18.9 Å². The summed E-state index contributed by atoms with van der Waals surface area (Å²) < 4.78 is 29.1. The minimum absolute atomic E-state index is 0.126. The van der Waals surface area contributed by atoms with Gasteiger partial charge >= 0.3 is 5.97 Å². The van der Waals surface area contributed by atoms with Gasteiger partial charge in [-0.05, 0) is 31.4 Å². The van der Waals surface area contributed by atoms with Crippen LogP contribution in [-0.4, -0.2) is 56.0 Å². The lowest BCUT2D eigenvalue weighted by molar-refractivity contribution is -0.154. The van der Waals surface area contributed by atoms with E-state index in [2.05, 4.69) is 0 Å². The van der Waals surface area contributed by atoms with Crippen LogP contribution in [0.25, 0.3) is 0 Å². The fourth-order valence-electron chi connectivity index (χ4n) is 2.79. The highest BCUT2D eigenvalue weighted by Crippen LogP contribution is 2.17. The van der Waals surface area contributed by atoms with E-state index in [1.54, 1.807) is 18.2 Å². The van der Waals surface area contributed by atoms with Crippen molar-refractivity contribution in [1.29, 1.82) is 0 Å². The molecule has 1 atom stereocenters. The number of esters is 1. The zero-order chi connectivity index (χ0) is 19.2. The fourth-order valence-corrected chi connectivity index (χ4v) is 4.03. The number of nitrogens with zero attached hydrogens (tertiary/aromatic N) is 1. The lowest BCUT2D eigenvalue weighted by atomic mass is 10.0. The third kappa shape index (κ3) is 5.29. The van der Waals surface area contributed by atoms with Crippen molar-refractivity contribution in [2.24, 2.45) is 5.73 Å². The Morgan fingerprint density at radius 2 is 1.85 bits per heavy atom. The van der Waals surface area contributed by atoms with Crippen LogP contribution in [0.1, 0.15) is 25.7 Å². The predicted molar refractivity (Wildman–Crippen MR) is 92.6 cm³/mol. The molecule has 2 amide bonds. The van der Waals surface area contributed by atoms with Crippen LogP contribution >= 0.6 is 0 Å². The molecule has 1 saturated heterocycles. The zero-order valence-electron chi connectivity index (χ0n) is 14.3. The molecule has 0 aromatic heterocycles. The van der Waals surface area contributed by atoms with Crippen LogP contribution in [0.4, 0.5) is 0 Å². The summed E-state index contributed by atoms with van der Waals surface area (Å²) in [4.78, 5) is 36.8. The monoisotopic (exact) mass is 382 g/mol. The summed E-state index contributed by atoms with van der Waals surface area (Å²) in [5.41, 5.74) is 5.29. The maximum Gasteiger partial charge on any atom is 0.307 e. The van der Waals surface area contributed by atoms with E-state index in [1.807, 2.05) is 0 Å². The maximum absolute atomic E-state index is 12.2. The Morgan fingerprint density at radius 3 is 2.50 bits per heavy atom. The highest BCUT2D eigenvalue weighted by Gasteiger charge is 2.31. The van der Waals surface area contributed by atoms with Crippen molar-refractivity contribution in [1.82, 2.24) is 4.90 Å². The standard InChI is InChI=1S/C17H22N2O6S/c18-17(22)14-8-4-5-10-19(14)15(20)12-25-16(21)9-11-26(23,24)13-6-2-1-3-7-13/h1-3,6-7,14H,4-5,8-12H2,(H2,18,22)/t14-/m1/s1. The quantitative estimate of drug-likeness (QED) is 0.675. The summed E-state index contributed by atoms with van der Waals surface area (Å²) in [5.74, 6) is -2.28. The largest absolute Gasteiger partial charge is 0.456 e. The minimum atomic E-state index is -3.59. The van der Waals surface area contributed by atoms with Crippen molar-refractivity contribution in [3.63, 3.8) is 0 Å². The first-order chi connectivity index (χ1) is 12.3. The average Bonchev–Trinajstić information content (AvgIpc) is 2.65. The Hall–Kier alpha value is -2.42. The molecule has 2 rings (SSSR count). The summed E-state index contributed by atoms with van der Waals surface area (Å²) in [5, 5.41) is 0. The molecule has 0 spiro atoms. The highest BCUT2D eigenvalue weighted by atomic mass is 32.2. The smallest absolute Gasteiger partial charge is 0.307 e. The van der Waals surface area contributed by atoms with E-state index < -0.39 is 46.0 Å². The molecule has 8 nitrogen and oxygen atoms in total. The predicted octanol–water partition coefficient (Wildman–Crippen LogP) is 0.260. The number of ether oxygens (including phenoxy) is 1. The third-order valence-electron chi connectivity index (χ3n) is 4.19. The van der Waals surface area contributed by atoms with Crippen molar-refractivity contribution in [2.45, 2.75) is 36.6 Å². The number of amides is 2. The van der Waals surface area contributed by atoms with E-state index in [4.69, 9.17) is 10.5 Å². The van der Waals surface area contributed by atoms with Gasteiger partial charge in [0.25, 0.3) is 5.91 Å². The van der Waals surface area contributed by atoms with E-state index in [0.29, 0.717) is 13.0 Å². The first-order valence-electron chi connectivity index (χ1n) is 8.33. The van der Waals surface area contributed by atoms with Crippen molar-refractivity contribution in [3.05, 3.63) is 30.3 Å². The molecule has 1 fully saturated rings. The van der Waals surface area contributed by atoms with Gasteiger partial charge in [-0.3, -0.25) is 14.4 Å². The summed E-state index contributed by atoms with van der Waals surface area (Å²) in [6.07, 6.45) is 1.68. The maximum atomic E-state index is 12.2. The Bertz CT molecular complexity index is 763. The van der Waals surface area contributed by atoms with Gasteiger partial charge in [-0.1, -0.05) is 18.2 Å². The number of piperidine rings is 1. The molecule has 9 heteroatoms. The molecule has 2 N–H and O–H groups in total. The van der Waals surface area contributed by atoms with Crippen LogP contribution < -0.4 is 5.73 Å². The van der Waals surface area contributed by atoms with Crippen LogP contribution in [0.2, 0.25) is 0 Å². The molecule has 1 aliphatic rings. The summed E-state index contributed by atoms with van der Waals surface area (Å²) in [7, 11) is -3.59. The molecule has 1 aromatic rings. The molecular weight excluding hydrogens is 360 g/mol. The van der Waals surface area contributed by atoms with Crippen LogP contribution in [-0.2, 0) is 29.0 Å². The van der Waals surface area contributed by atoms with Crippen molar-refractivity contribution < 1.29 is 27.5 Å². The van der Waals surface area contributed by atoms with Crippen LogP contribution in [0.5, 0.6) is 0 Å². The number of rotatable bonds is 7. The van der Waals surface area contributed by atoms with Crippen molar-refractivity contribution in [3.8, 4) is 0 Å². The summed E-state index contributed by atoms with van der Waals surface area (Å²) in [6.45, 7) is -0.152. The SMILES string of the molecule is NC(=O)[C@H]1CCCCN1C(=O)COC(=O)CCS(=O)(=O)c1ccccc1. The summed E-state index contributed by atoms with van der Waals surface area (Å²) in [6, 6.07) is 7.09. The number of hydrogen-bond acceptors (Lipinski definition) is 6. The molecule has 142 valence electrons. The number of nitrogens with two attached hydrogens (primary N) is 1. The second-order valence-corrected chi connectivity index (χ2v) is 8.15. The van der Waals surface area contributed by atoms with E-state index >= 15 is 0 Å². The molecule has 0 unspecified atom stereocenters. The van der Waals surface area contributed by atoms with Crippen LogP contribution in [0.15, 0.2) is 35.2 Å². The van der Waals surface area contributed by atoms with Crippen LogP contribution in [0.3, 0.4) is 0 Å². The first-order valence-corrected chi connectivity index (χ1v) is 9.98. The molecule has 0 saturated carbocycles. The van der Waals surface area contributed by atoms with Crippen molar-refractivity contribution >= 4 is 27.6 Å². The molecule has 0 aliphatic carbocycles. The highest BCUT2D eigenvalue weighted by molar-refractivity contribution is 7.91. The topological polar surface area (TPSA) is 124 Å². The lowest BCUT2D eigenvalue weighted by Gasteiger charge is -2.33. The normalized spacial score (nSPS) is 17.5. The lowest BCUT2D eigenvalue weighted by Crippen LogP contribution is -2.51. The molecule has 0 bridgehead atoms. The Kier molecular flexibility index (Phi) is 6.73. The van der Waals surface area contributed by atoms with Gasteiger partial charge in [0.1, 0.15) is 6.04 Å². The summed E-state index contributed by atoms with van der Waals surface area (Å²) >= 11 is 0. The molecule has 0 radical (unpaired) electrons. The number of carbonyl (C=O) groups excluding carboxylic acids is 3. The van der Waals surface area contributed by atoms with Gasteiger partial charge in [-0.2, -0.15) is 0 Å². The molecule has 1 heterocycles. The molecule has 1 aliphatic heterocycles. The number of sulfone groups is 1. The van der Waals surface area contributed by atoms with E-state index in [-0.39, 0.29) is 11.3 Å². The minimum Gasteiger partial charge on any atom is -0.456 e. The second-order valence-electron chi connectivity index (χ2n) is 6.04. The average molecular weight is 382 g/mol. The van der Waals surface area contributed by atoms with E-state index in [9.17, 15) is 22.8 Å². The van der Waals surface area contributed by atoms with Gasteiger partial charge < -0.3 is 15.4 Å². The number of carbonyl (C=O) groups is 3. The number of primary amides is 1. The number of likely N-dealkylation sites (tertiary alicyclic amines) is 1. The van der Waals surface area contributed by atoms with Gasteiger partial charge in [0.2, 0.25) is 5.91 Å². The van der Waals surface area contributed by atoms with E-state index in [0.717, 1.165) is 12.8 Å². The molecule has 1 aromatic carbocycles. The Morgan fingerprint density at radius 1 is 1.15 bits per heavy atom.